The van der Waals surface area contributed by atoms with Crippen LogP contribution in [0, 0.1) is 0 Å². The summed E-state index contributed by atoms with van der Waals surface area (Å²) in [5.41, 5.74) is 1.55. The Hall–Kier alpha value is -2.44. The molecule has 33 heavy (non-hydrogen) atoms. The monoisotopic (exact) mass is 524 g/mol. The summed E-state index contributed by atoms with van der Waals surface area (Å²) >= 11 is 24.2. The maximum atomic E-state index is 12.9. The first-order valence-corrected chi connectivity index (χ1v) is 11.4. The van der Waals surface area contributed by atoms with E-state index in [1.807, 2.05) is 0 Å². The van der Waals surface area contributed by atoms with Crippen molar-refractivity contribution in [3.05, 3.63) is 108 Å². The first-order valence-electron chi connectivity index (χ1n) is 9.87. The van der Waals surface area contributed by atoms with Crippen molar-refractivity contribution >= 4 is 57.5 Å². The summed E-state index contributed by atoms with van der Waals surface area (Å²) in [6.45, 7) is 8.20. The summed E-state index contributed by atoms with van der Waals surface area (Å²) in [6, 6.07) is 11.1. The van der Waals surface area contributed by atoms with Crippen molar-refractivity contribution in [3.8, 4) is 5.88 Å². The number of hydrogen-bond donors (Lipinski definition) is 1. The minimum atomic E-state index is -0.631. The third-order valence-electron chi connectivity index (χ3n) is 5.07. The van der Waals surface area contributed by atoms with E-state index in [0.717, 1.165) is 26.3 Å². The fourth-order valence-corrected chi connectivity index (χ4v) is 4.37. The van der Waals surface area contributed by atoms with Crippen molar-refractivity contribution in [1.82, 2.24) is 9.13 Å². The van der Waals surface area contributed by atoms with Gasteiger partial charge in [0.25, 0.3) is 5.56 Å². The van der Waals surface area contributed by atoms with E-state index < -0.39 is 17.1 Å². The molecule has 3 aromatic rings. The van der Waals surface area contributed by atoms with E-state index in [2.05, 4.69) is 13.2 Å². The molecule has 0 spiro atoms. The van der Waals surface area contributed by atoms with Gasteiger partial charge < -0.3 is 5.11 Å². The Morgan fingerprint density at radius 1 is 0.697 bits per heavy atom. The summed E-state index contributed by atoms with van der Waals surface area (Å²) in [5.74, 6) is -0.418. The molecule has 1 aromatic heterocycles. The number of nitrogens with zero attached hydrogens (tertiary/aromatic N) is 2. The minimum absolute atomic E-state index is 0.0752. The van der Waals surface area contributed by atoms with Crippen LogP contribution in [0.3, 0.4) is 0 Å². The van der Waals surface area contributed by atoms with Gasteiger partial charge in [-0.1, -0.05) is 59.6 Å². The van der Waals surface area contributed by atoms with Crippen molar-refractivity contribution in [2.24, 2.45) is 0 Å². The van der Waals surface area contributed by atoms with Gasteiger partial charge in [-0.05, 0) is 71.5 Å². The molecule has 0 saturated heterocycles. The zero-order valence-corrected chi connectivity index (χ0v) is 20.5. The lowest BCUT2D eigenvalue weighted by atomic mass is 10.0. The number of hydrogen-bond acceptors (Lipinski definition) is 3. The normalized spacial score (nSPS) is 10.9. The third kappa shape index (κ3) is 6.33. The summed E-state index contributed by atoms with van der Waals surface area (Å²) in [7, 11) is 0. The molecule has 0 aliphatic rings. The number of rotatable bonds is 8. The van der Waals surface area contributed by atoms with Crippen molar-refractivity contribution in [1.29, 1.82) is 0 Å². The van der Waals surface area contributed by atoms with E-state index >= 15 is 0 Å². The molecule has 2 aromatic carbocycles. The lowest BCUT2D eigenvalue weighted by Gasteiger charge is -2.14. The van der Waals surface area contributed by atoms with Crippen LogP contribution in [0.2, 0.25) is 20.1 Å². The first-order chi connectivity index (χ1) is 15.5. The highest BCUT2D eigenvalue weighted by atomic mass is 35.5. The van der Waals surface area contributed by atoms with Gasteiger partial charge >= 0.3 is 5.69 Å². The van der Waals surface area contributed by atoms with Gasteiger partial charge in [-0.25, -0.2) is 4.79 Å². The molecule has 172 valence electrons. The molecule has 0 unspecified atom stereocenters. The molecule has 0 atom stereocenters. The molecular weight excluding hydrogens is 506 g/mol. The number of aromatic hydroxyl groups is 1. The minimum Gasteiger partial charge on any atom is -0.494 e. The van der Waals surface area contributed by atoms with Gasteiger partial charge in [0.05, 0.1) is 6.07 Å². The Bertz CT molecular complexity index is 1320. The lowest BCUT2D eigenvalue weighted by Crippen LogP contribution is -2.39. The number of benzene rings is 2. The van der Waals surface area contributed by atoms with Crippen LogP contribution in [-0.4, -0.2) is 14.2 Å². The highest BCUT2D eigenvalue weighted by molar-refractivity contribution is 6.35. The molecule has 0 aliphatic carbocycles. The maximum Gasteiger partial charge on any atom is 0.333 e. The van der Waals surface area contributed by atoms with E-state index in [1.54, 1.807) is 36.4 Å². The molecule has 3 rings (SSSR count). The SMILES string of the molecule is C=C(CCn1c(O)cc(=O)n(CCC(=C)c2cc(Cl)cc(Cl)c2)c1=O)c1cc(Cl)cc(Cl)c1. The topological polar surface area (TPSA) is 64.2 Å². The fourth-order valence-electron chi connectivity index (χ4n) is 3.32. The van der Waals surface area contributed by atoms with Crippen LogP contribution in [-0.2, 0) is 13.1 Å². The van der Waals surface area contributed by atoms with Crippen molar-refractivity contribution in [3.63, 3.8) is 0 Å². The number of aromatic nitrogens is 2. The largest absolute Gasteiger partial charge is 0.494 e. The second-order valence-corrected chi connectivity index (χ2v) is 9.20. The molecule has 9 heteroatoms. The molecule has 0 amide bonds. The van der Waals surface area contributed by atoms with Crippen molar-refractivity contribution < 1.29 is 5.11 Å². The molecule has 1 N–H and O–H groups in total. The number of allylic oxidation sites excluding steroid dienone is 2. The molecular formula is C24H20Cl4N2O3. The van der Waals surface area contributed by atoms with Gasteiger partial charge in [0.2, 0.25) is 5.88 Å². The van der Waals surface area contributed by atoms with Gasteiger partial charge in [0.1, 0.15) is 0 Å². The second kappa shape index (κ2) is 10.7. The van der Waals surface area contributed by atoms with Crippen LogP contribution >= 0.6 is 46.4 Å². The van der Waals surface area contributed by atoms with E-state index in [9.17, 15) is 14.7 Å². The van der Waals surface area contributed by atoms with Crippen LogP contribution < -0.4 is 11.2 Å². The molecule has 0 aliphatic heterocycles. The van der Waals surface area contributed by atoms with Gasteiger partial charge in [0.15, 0.2) is 0 Å². The Labute approximate surface area is 210 Å². The van der Waals surface area contributed by atoms with Gasteiger partial charge in [-0.15, -0.1) is 0 Å². The molecule has 0 saturated carbocycles. The van der Waals surface area contributed by atoms with E-state index in [1.165, 1.54) is 0 Å². The van der Waals surface area contributed by atoms with E-state index in [0.29, 0.717) is 44.1 Å². The van der Waals surface area contributed by atoms with E-state index in [-0.39, 0.29) is 13.1 Å². The Kier molecular flexibility index (Phi) is 8.14. The molecule has 1 heterocycles. The van der Waals surface area contributed by atoms with Gasteiger partial charge in [-0.3, -0.25) is 13.9 Å². The van der Waals surface area contributed by atoms with Crippen LogP contribution in [0.15, 0.2) is 65.2 Å². The zero-order chi connectivity index (χ0) is 24.3. The summed E-state index contributed by atoms with van der Waals surface area (Å²) < 4.78 is 2.17. The summed E-state index contributed by atoms with van der Waals surface area (Å²) in [5, 5.41) is 12.1. The highest BCUT2D eigenvalue weighted by Crippen LogP contribution is 2.26. The Balaban J connectivity index is 1.78. The Morgan fingerprint density at radius 3 is 1.52 bits per heavy atom. The highest BCUT2D eigenvalue weighted by Gasteiger charge is 2.13. The number of halogens is 4. The smallest absolute Gasteiger partial charge is 0.333 e. The summed E-state index contributed by atoms with van der Waals surface area (Å²) in [6.07, 6.45) is 0.639. The average Bonchev–Trinajstić information content (AvgIpc) is 2.71. The van der Waals surface area contributed by atoms with Gasteiger partial charge in [0, 0.05) is 33.2 Å². The predicted octanol–water partition coefficient (Wildman–Crippen LogP) is 6.54. The summed E-state index contributed by atoms with van der Waals surface area (Å²) in [4.78, 5) is 25.3. The second-order valence-electron chi connectivity index (χ2n) is 7.45. The molecule has 0 fully saturated rings. The van der Waals surface area contributed by atoms with Crippen LogP contribution in [0.25, 0.3) is 11.1 Å². The third-order valence-corrected chi connectivity index (χ3v) is 5.95. The molecule has 5 nitrogen and oxygen atoms in total. The van der Waals surface area contributed by atoms with Crippen molar-refractivity contribution in [2.45, 2.75) is 25.9 Å². The quantitative estimate of drug-likeness (QED) is 0.363. The standard InChI is InChI=1S/C24H20Cl4N2O3/c1-14(16-7-18(25)11-19(26)8-16)3-5-29-22(31)13-23(32)30(24(29)33)6-4-15(2)17-9-20(27)12-21(28)10-17/h7-13,31H,1-6H2. The zero-order valence-electron chi connectivity index (χ0n) is 17.5. The predicted molar refractivity (Wildman–Crippen MR) is 137 cm³/mol. The van der Waals surface area contributed by atoms with Crippen LogP contribution in [0.5, 0.6) is 5.88 Å². The lowest BCUT2D eigenvalue weighted by molar-refractivity contribution is 0.390. The fraction of sp³-hybridized carbons (Fsp3) is 0.167. The Morgan fingerprint density at radius 2 is 1.09 bits per heavy atom. The van der Waals surface area contributed by atoms with Crippen LogP contribution in [0.1, 0.15) is 24.0 Å². The van der Waals surface area contributed by atoms with E-state index in [4.69, 9.17) is 46.4 Å². The first kappa shape index (κ1) is 25.2. The molecule has 0 radical (unpaired) electrons. The maximum absolute atomic E-state index is 12.9. The van der Waals surface area contributed by atoms with Crippen LogP contribution in [0.4, 0.5) is 0 Å². The van der Waals surface area contributed by atoms with Crippen molar-refractivity contribution in [2.75, 3.05) is 0 Å². The van der Waals surface area contributed by atoms with Gasteiger partial charge in [-0.2, -0.15) is 0 Å². The molecule has 0 bridgehead atoms. The average molecular weight is 526 g/mol.